The summed E-state index contributed by atoms with van der Waals surface area (Å²) in [6.45, 7) is 1.83. The van der Waals surface area contributed by atoms with E-state index >= 15 is 0 Å². The molecule has 1 N–H and O–H groups in total. The molecule has 1 aromatic rings. The van der Waals surface area contributed by atoms with Gasteiger partial charge in [0.25, 0.3) is 0 Å². The van der Waals surface area contributed by atoms with Crippen LogP contribution in [-0.2, 0) is 16.1 Å². The van der Waals surface area contributed by atoms with Crippen LogP contribution in [0.1, 0.15) is 18.4 Å². The Morgan fingerprint density at radius 2 is 2.38 bits per heavy atom. The Morgan fingerprint density at radius 1 is 1.57 bits per heavy atom. The molecule has 2 rings (SSSR count). The first-order valence-electron chi connectivity index (χ1n) is 7.07. The van der Waals surface area contributed by atoms with E-state index in [-0.39, 0.29) is 25.1 Å². The molecular formula is C15H20ClFN2O2. The van der Waals surface area contributed by atoms with Gasteiger partial charge in [-0.05, 0) is 25.0 Å². The summed E-state index contributed by atoms with van der Waals surface area (Å²) >= 11 is 5.96. The molecule has 0 spiro atoms. The molecule has 1 aliphatic rings. The first-order chi connectivity index (χ1) is 10.1. The summed E-state index contributed by atoms with van der Waals surface area (Å²) in [6.07, 6.45) is 2.30. The third-order valence-corrected chi connectivity index (χ3v) is 3.91. The zero-order valence-corrected chi connectivity index (χ0v) is 12.8. The van der Waals surface area contributed by atoms with Gasteiger partial charge in [0, 0.05) is 37.3 Å². The molecule has 0 aliphatic carbocycles. The number of halogens is 2. The lowest BCUT2D eigenvalue weighted by atomic mass is 10.2. The van der Waals surface area contributed by atoms with Crippen molar-refractivity contribution in [1.82, 2.24) is 10.2 Å². The summed E-state index contributed by atoms with van der Waals surface area (Å²) in [4.78, 5) is 13.5. The molecule has 21 heavy (non-hydrogen) atoms. The lowest BCUT2D eigenvalue weighted by Gasteiger charge is -2.19. The van der Waals surface area contributed by atoms with Crippen LogP contribution in [0.25, 0.3) is 0 Å². The largest absolute Gasteiger partial charge is 0.377 e. The molecule has 0 radical (unpaired) electrons. The van der Waals surface area contributed by atoms with Gasteiger partial charge in [0.1, 0.15) is 5.82 Å². The van der Waals surface area contributed by atoms with Crippen molar-refractivity contribution in [3.8, 4) is 0 Å². The smallest absolute Gasteiger partial charge is 0.236 e. The summed E-state index contributed by atoms with van der Waals surface area (Å²) in [5, 5.41) is 3.42. The minimum atomic E-state index is -0.394. The summed E-state index contributed by atoms with van der Waals surface area (Å²) in [6, 6.07) is 4.51. The van der Waals surface area contributed by atoms with Crippen LogP contribution in [0.15, 0.2) is 18.2 Å². The van der Waals surface area contributed by atoms with E-state index in [0.29, 0.717) is 17.1 Å². The van der Waals surface area contributed by atoms with Crippen molar-refractivity contribution < 1.29 is 13.9 Å². The Hall–Kier alpha value is -1.17. The number of carbonyl (C=O) groups excluding carboxylic acids is 1. The van der Waals surface area contributed by atoms with E-state index in [1.807, 2.05) is 0 Å². The number of rotatable bonds is 6. The molecule has 1 amide bonds. The molecule has 1 heterocycles. The van der Waals surface area contributed by atoms with Crippen LogP contribution in [0.2, 0.25) is 5.02 Å². The molecule has 4 nitrogen and oxygen atoms in total. The second-order valence-corrected chi connectivity index (χ2v) is 5.62. The van der Waals surface area contributed by atoms with Gasteiger partial charge in [0.15, 0.2) is 0 Å². The van der Waals surface area contributed by atoms with Gasteiger partial charge in [-0.2, -0.15) is 0 Å². The van der Waals surface area contributed by atoms with Crippen LogP contribution in [-0.4, -0.2) is 43.7 Å². The lowest BCUT2D eigenvalue weighted by molar-refractivity contribution is -0.129. The molecule has 0 aromatic heterocycles. The van der Waals surface area contributed by atoms with Crippen molar-refractivity contribution in [3.63, 3.8) is 0 Å². The van der Waals surface area contributed by atoms with Crippen molar-refractivity contribution >= 4 is 17.5 Å². The maximum Gasteiger partial charge on any atom is 0.236 e. The second-order valence-electron chi connectivity index (χ2n) is 5.22. The average molecular weight is 315 g/mol. The maximum atomic E-state index is 13.7. The number of nitrogens with one attached hydrogen (secondary N) is 1. The van der Waals surface area contributed by atoms with Gasteiger partial charge in [-0.1, -0.05) is 17.7 Å². The van der Waals surface area contributed by atoms with Crippen molar-refractivity contribution in [2.24, 2.45) is 0 Å². The number of amides is 1. The van der Waals surface area contributed by atoms with Crippen LogP contribution >= 0.6 is 11.6 Å². The van der Waals surface area contributed by atoms with E-state index in [1.165, 1.54) is 11.0 Å². The Labute approximate surface area is 129 Å². The predicted molar refractivity (Wildman–Crippen MR) is 79.7 cm³/mol. The standard InChI is InChI=1S/C15H20ClFN2O2/c1-19(10-12-13(16)5-2-6-14(12)17)15(20)9-18-8-11-4-3-7-21-11/h2,5-6,11,18H,3-4,7-10H2,1H3. The third kappa shape index (κ3) is 4.66. The lowest BCUT2D eigenvalue weighted by Crippen LogP contribution is -2.38. The minimum absolute atomic E-state index is 0.104. The highest BCUT2D eigenvalue weighted by molar-refractivity contribution is 6.31. The summed E-state index contributed by atoms with van der Waals surface area (Å²) in [5.41, 5.74) is 0.342. The number of hydrogen-bond donors (Lipinski definition) is 1. The SMILES string of the molecule is CN(Cc1c(F)cccc1Cl)C(=O)CNCC1CCCO1. The van der Waals surface area contributed by atoms with Crippen molar-refractivity contribution in [1.29, 1.82) is 0 Å². The summed E-state index contributed by atoms with van der Waals surface area (Å²) in [5.74, 6) is -0.498. The molecule has 116 valence electrons. The maximum absolute atomic E-state index is 13.7. The summed E-state index contributed by atoms with van der Waals surface area (Å²) < 4.78 is 19.1. The molecule has 1 saturated heterocycles. The van der Waals surface area contributed by atoms with Gasteiger partial charge >= 0.3 is 0 Å². The Bertz CT molecular complexity index is 472. The zero-order valence-electron chi connectivity index (χ0n) is 12.1. The van der Waals surface area contributed by atoms with Gasteiger partial charge in [0.2, 0.25) is 5.91 Å². The van der Waals surface area contributed by atoms with Crippen molar-refractivity contribution in [2.45, 2.75) is 25.5 Å². The fourth-order valence-corrected chi connectivity index (χ4v) is 2.51. The second kappa shape index (κ2) is 7.73. The molecule has 1 aliphatic heterocycles. The van der Waals surface area contributed by atoms with Crippen LogP contribution < -0.4 is 5.32 Å². The number of hydrogen-bond acceptors (Lipinski definition) is 3. The Balaban J connectivity index is 1.79. The van der Waals surface area contributed by atoms with E-state index in [4.69, 9.17) is 16.3 Å². The molecule has 1 unspecified atom stereocenters. The number of benzene rings is 1. The van der Waals surface area contributed by atoms with Crippen LogP contribution in [0.3, 0.4) is 0 Å². The molecule has 1 atom stereocenters. The summed E-state index contributed by atoms with van der Waals surface area (Å²) in [7, 11) is 1.64. The first kappa shape index (κ1) is 16.2. The van der Waals surface area contributed by atoms with Gasteiger partial charge in [-0.3, -0.25) is 4.79 Å². The van der Waals surface area contributed by atoms with Crippen LogP contribution in [0.5, 0.6) is 0 Å². The Kier molecular flexibility index (Phi) is 5.96. The Morgan fingerprint density at radius 3 is 3.05 bits per heavy atom. The number of likely N-dealkylation sites (N-methyl/N-ethyl adjacent to an activating group) is 1. The first-order valence-corrected chi connectivity index (χ1v) is 7.45. The van der Waals surface area contributed by atoms with Gasteiger partial charge in [-0.15, -0.1) is 0 Å². The minimum Gasteiger partial charge on any atom is -0.377 e. The van der Waals surface area contributed by atoms with Gasteiger partial charge in [0.05, 0.1) is 12.6 Å². The molecule has 0 bridgehead atoms. The highest BCUT2D eigenvalue weighted by Crippen LogP contribution is 2.20. The van der Waals surface area contributed by atoms with Crippen molar-refractivity contribution in [3.05, 3.63) is 34.6 Å². The van der Waals surface area contributed by atoms with E-state index in [2.05, 4.69) is 5.32 Å². The van der Waals surface area contributed by atoms with Crippen LogP contribution in [0, 0.1) is 5.82 Å². The highest BCUT2D eigenvalue weighted by Gasteiger charge is 2.17. The number of ether oxygens (including phenoxy) is 1. The van der Waals surface area contributed by atoms with Crippen molar-refractivity contribution in [2.75, 3.05) is 26.7 Å². The quantitative estimate of drug-likeness (QED) is 0.875. The predicted octanol–water partition coefficient (Wildman–Crippen LogP) is 2.21. The topological polar surface area (TPSA) is 41.6 Å². The average Bonchev–Trinajstić information content (AvgIpc) is 2.96. The van der Waals surface area contributed by atoms with Gasteiger partial charge < -0.3 is 15.0 Å². The van der Waals surface area contributed by atoms with E-state index in [1.54, 1.807) is 19.2 Å². The zero-order chi connectivity index (χ0) is 15.2. The normalized spacial score (nSPS) is 18.0. The number of nitrogens with zero attached hydrogens (tertiary/aromatic N) is 1. The highest BCUT2D eigenvalue weighted by atomic mass is 35.5. The molecule has 0 saturated carbocycles. The number of carbonyl (C=O) groups is 1. The molecule has 6 heteroatoms. The third-order valence-electron chi connectivity index (χ3n) is 3.55. The van der Waals surface area contributed by atoms with E-state index < -0.39 is 5.82 Å². The fourth-order valence-electron chi connectivity index (χ4n) is 2.29. The fraction of sp³-hybridized carbons (Fsp3) is 0.533. The van der Waals surface area contributed by atoms with Gasteiger partial charge in [-0.25, -0.2) is 4.39 Å². The monoisotopic (exact) mass is 314 g/mol. The molecule has 1 aromatic carbocycles. The van der Waals surface area contributed by atoms with Crippen LogP contribution in [0.4, 0.5) is 4.39 Å². The van der Waals surface area contributed by atoms with E-state index in [9.17, 15) is 9.18 Å². The van der Waals surface area contributed by atoms with E-state index in [0.717, 1.165) is 19.4 Å². The molecule has 1 fully saturated rings. The molecular weight excluding hydrogens is 295 g/mol.